The van der Waals surface area contributed by atoms with E-state index in [1.165, 1.54) is 39.8 Å². The van der Waals surface area contributed by atoms with Gasteiger partial charge in [-0.2, -0.15) is 0 Å². The summed E-state index contributed by atoms with van der Waals surface area (Å²) in [5.41, 5.74) is 10.8. The Labute approximate surface area is 260 Å². The molecule has 1 aromatic heterocycles. The Kier molecular flexibility index (Phi) is 6.97. The predicted octanol–water partition coefficient (Wildman–Crippen LogP) is 10.6. The van der Waals surface area contributed by atoms with Gasteiger partial charge in [-0.3, -0.25) is 0 Å². The molecule has 0 N–H and O–H groups in total. The van der Waals surface area contributed by atoms with Crippen molar-refractivity contribution in [2.24, 2.45) is 0 Å². The molecule has 3 heteroatoms. The first kappa shape index (κ1) is 27.9. The summed E-state index contributed by atoms with van der Waals surface area (Å²) in [6.07, 6.45) is 2.34. The normalized spacial score (nSPS) is 15.0. The van der Waals surface area contributed by atoms with Crippen molar-refractivity contribution in [2.75, 3.05) is 0 Å². The van der Waals surface area contributed by atoms with Crippen LogP contribution in [0.15, 0.2) is 127 Å². The summed E-state index contributed by atoms with van der Waals surface area (Å²) in [5.74, 6) is 2.05. The molecule has 0 unspecified atom stereocenters. The van der Waals surface area contributed by atoms with Gasteiger partial charge in [0.15, 0.2) is 17.5 Å². The van der Waals surface area contributed by atoms with E-state index in [1.807, 2.05) is 12.1 Å². The molecule has 0 radical (unpaired) electrons. The molecule has 1 aliphatic rings. The maximum absolute atomic E-state index is 5.08. The van der Waals surface area contributed by atoms with Crippen LogP contribution in [-0.4, -0.2) is 15.0 Å². The monoisotopic (exact) mass is 571 g/mol. The Morgan fingerprint density at radius 2 is 0.705 bits per heavy atom. The number of hydrogen-bond acceptors (Lipinski definition) is 3. The van der Waals surface area contributed by atoms with Gasteiger partial charge in [-0.1, -0.05) is 149 Å². The van der Waals surface area contributed by atoms with Crippen molar-refractivity contribution >= 4 is 0 Å². The standard InChI is InChI=1S/C41H37N3/c1-40(2)25-26-41(3,4)36-27-34(23-24-35(36)40)39-43-37(32-19-15-30(16-20-32)28-11-7-5-8-12-28)42-38(44-39)33-21-17-31(18-22-33)29-13-9-6-10-14-29/h5-24,27H,25-26H2,1-4H3. The molecule has 1 heterocycles. The third kappa shape index (κ3) is 5.35. The van der Waals surface area contributed by atoms with Crippen molar-refractivity contribution in [1.82, 2.24) is 15.0 Å². The Bertz CT molecular complexity index is 1820. The van der Waals surface area contributed by atoms with E-state index in [4.69, 9.17) is 15.0 Å². The topological polar surface area (TPSA) is 38.7 Å². The van der Waals surface area contributed by atoms with Crippen LogP contribution in [0.25, 0.3) is 56.4 Å². The minimum absolute atomic E-state index is 0.0973. The van der Waals surface area contributed by atoms with Gasteiger partial charge in [-0.25, -0.2) is 15.0 Å². The zero-order valence-corrected chi connectivity index (χ0v) is 25.9. The van der Waals surface area contributed by atoms with Crippen molar-refractivity contribution in [3.63, 3.8) is 0 Å². The molecule has 0 saturated heterocycles. The molecule has 0 amide bonds. The van der Waals surface area contributed by atoms with Crippen LogP contribution < -0.4 is 0 Å². The molecule has 216 valence electrons. The average Bonchev–Trinajstić information content (AvgIpc) is 3.07. The van der Waals surface area contributed by atoms with Crippen LogP contribution in [0.3, 0.4) is 0 Å². The minimum Gasteiger partial charge on any atom is -0.208 e. The maximum Gasteiger partial charge on any atom is 0.164 e. The highest BCUT2D eigenvalue weighted by Gasteiger charge is 2.37. The molecule has 7 rings (SSSR count). The van der Waals surface area contributed by atoms with E-state index in [1.54, 1.807) is 0 Å². The summed E-state index contributed by atoms with van der Waals surface area (Å²) < 4.78 is 0. The summed E-state index contributed by atoms with van der Waals surface area (Å²) in [6, 6.07) is 44.7. The van der Waals surface area contributed by atoms with E-state index in [9.17, 15) is 0 Å². The van der Waals surface area contributed by atoms with Crippen molar-refractivity contribution in [3.05, 3.63) is 139 Å². The lowest BCUT2D eigenvalue weighted by Gasteiger charge is -2.42. The fraction of sp³-hybridized carbons (Fsp3) is 0.195. The van der Waals surface area contributed by atoms with Crippen LogP contribution in [0.1, 0.15) is 51.7 Å². The van der Waals surface area contributed by atoms with Crippen LogP contribution in [-0.2, 0) is 10.8 Å². The van der Waals surface area contributed by atoms with Gasteiger partial charge in [-0.15, -0.1) is 0 Å². The summed E-state index contributed by atoms with van der Waals surface area (Å²) in [7, 11) is 0. The highest BCUT2D eigenvalue weighted by molar-refractivity contribution is 5.72. The maximum atomic E-state index is 5.08. The Hall–Kier alpha value is -4.89. The second-order valence-corrected chi connectivity index (χ2v) is 13.2. The summed E-state index contributed by atoms with van der Waals surface area (Å²) in [4.78, 5) is 15.2. The van der Waals surface area contributed by atoms with E-state index >= 15 is 0 Å². The molecule has 0 spiro atoms. The fourth-order valence-electron chi connectivity index (χ4n) is 6.38. The highest BCUT2D eigenvalue weighted by Crippen LogP contribution is 2.46. The smallest absolute Gasteiger partial charge is 0.164 e. The second-order valence-electron chi connectivity index (χ2n) is 13.2. The average molecular weight is 572 g/mol. The highest BCUT2D eigenvalue weighted by atomic mass is 15.0. The lowest BCUT2D eigenvalue weighted by Crippen LogP contribution is -2.33. The summed E-state index contributed by atoms with van der Waals surface area (Å²) in [6.45, 7) is 9.44. The third-order valence-corrected chi connectivity index (χ3v) is 9.25. The second kappa shape index (κ2) is 11.0. The lowest BCUT2D eigenvalue weighted by molar-refractivity contribution is 0.332. The number of rotatable bonds is 5. The zero-order valence-electron chi connectivity index (χ0n) is 25.9. The number of hydrogen-bond donors (Lipinski definition) is 0. The van der Waals surface area contributed by atoms with Gasteiger partial charge in [-0.05, 0) is 63.1 Å². The van der Waals surface area contributed by atoms with Gasteiger partial charge < -0.3 is 0 Å². The van der Waals surface area contributed by atoms with Gasteiger partial charge in [0.1, 0.15) is 0 Å². The van der Waals surface area contributed by atoms with Crippen LogP contribution in [0.5, 0.6) is 0 Å². The van der Waals surface area contributed by atoms with E-state index in [-0.39, 0.29) is 10.8 Å². The summed E-state index contributed by atoms with van der Waals surface area (Å²) >= 11 is 0. The minimum atomic E-state index is 0.0973. The number of fused-ring (bicyclic) bond motifs is 1. The van der Waals surface area contributed by atoms with Gasteiger partial charge in [0.05, 0.1) is 0 Å². The van der Waals surface area contributed by atoms with E-state index in [2.05, 4.69) is 143 Å². The molecule has 0 saturated carbocycles. The molecule has 6 aromatic rings. The Morgan fingerprint density at radius 1 is 0.364 bits per heavy atom. The first-order chi connectivity index (χ1) is 21.3. The quantitative estimate of drug-likeness (QED) is 0.207. The van der Waals surface area contributed by atoms with Gasteiger partial charge in [0, 0.05) is 16.7 Å². The van der Waals surface area contributed by atoms with Crippen LogP contribution >= 0.6 is 0 Å². The first-order valence-corrected chi connectivity index (χ1v) is 15.5. The van der Waals surface area contributed by atoms with E-state index in [0.29, 0.717) is 17.5 Å². The molecule has 0 bridgehead atoms. The largest absolute Gasteiger partial charge is 0.208 e. The Morgan fingerprint density at radius 3 is 1.16 bits per heavy atom. The molecular weight excluding hydrogens is 534 g/mol. The molecule has 1 aliphatic carbocycles. The van der Waals surface area contributed by atoms with Gasteiger partial charge >= 0.3 is 0 Å². The van der Waals surface area contributed by atoms with Crippen molar-refractivity contribution in [1.29, 1.82) is 0 Å². The van der Waals surface area contributed by atoms with Gasteiger partial charge in [0.25, 0.3) is 0 Å². The van der Waals surface area contributed by atoms with Crippen molar-refractivity contribution in [2.45, 2.75) is 51.4 Å². The first-order valence-electron chi connectivity index (χ1n) is 15.5. The van der Waals surface area contributed by atoms with Gasteiger partial charge in [0.2, 0.25) is 0 Å². The molecule has 0 aliphatic heterocycles. The van der Waals surface area contributed by atoms with Crippen LogP contribution in [0, 0.1) is 0 Å². The fourth-order valence-corrected chi connectivity index (χ4v) is 6.38. The zero-order chi connectivity index (χ0) is 30.3. The van der Waals surface area contributed by atoms with E-state index in [0.717, 1.165) is 23.1 Å². The van der Waals surface area contributed by atoms with Crippen molar-refractivity contribution in [3.8, 4) is 56.4 Å². The number of benzene rings is 5. The SMILES string of the molecule is CC1(C)CCC(C)(C)c2cc(-c3nc(-c4ccc(-c5ccccc5)cc4)nc(-c4ccc(-c5ccccc5)cc4)n3)ccc21. The summed E-state index contributed by atoms with van der Waals surface area (Å²) in [5, 5.41) is 0. The number of aromatic nitrogens is 3. The van der Waals surface area contributed by atoms with Crippen LogP contribution in [0.2, 0.25) is 0 Å². The number of nitrogens with zero attached hydrogens (tertiary/aromatic N) is 3. The lowest BCUT2D eigenvalue weighted by atomic mass is 9.63. The molecule has 5 aromatic carbocycles. The molecule has 3 nitrogen and oxygen atoms in total. The molecular formula is C41H37N3. The Balaban J connectivity index is 1.34. The van der Waals surface area contributed by atoms with E-state index < -0.39 is 0 Å². The molecule has 44 heavy (non-hydrogen) atoms. The molecule has 0 atom stereocenters. The molecule has 0 fully saturated rings. The van der Waals surface area contributed by atoms with Crippen LogP contribution in [0.4, 0.5) is 0 Å². The van der Waals surface area contributed by atoms with Crippen molar-refractivity contribution < 1.29 is 0 Å². The predicted molar refractivity (Wildman–Crippen MR) is 182 cm³/mol. The third-order valence-electron chi connectivity index (χ3n) is 9.25.